The molecule has 10 nitrogen and oxygen atoms in total. The van der Waals surface area contributed by atoms with Gasteiger partial charge in [-0.15, -0.1) is 0 Å². The summed E-state index contributed by atoms with van der Waals surface area (Å²) in [6.07, 6.45) is 3.60. The van der Waals surface area contributed by atoms with Gasteiger partial charge in [0, 0.05) is 38.6 Å². The van der Waals surface area contributed by atoms with Gasteiger partial charge < -0.3 is 14.6 Å². The predicted molar refractivity (Wildman–Crippen MR) is 127 cm³/mol. The Hall–Kier alpha value is -3.83. The highest BCUT2D eigenvalue weighted by Crippen LogP contribution is 2.24. The number of aryl methyl sites for hydroxylation is 1. The zero-order valence-electron chi connectivity index (χ0n) is 19.4. The van der Waals surface area contributed by atoms with Gasteiger partial charge >= 0.3 is 0 Å². The van der Waals surface area contributed by atoms with Gasteiger partial charge in [0.1, 0.15) is 23.3 Å². The fraction of sp³-hybridized carbons (Fsp3) is 0.333. The lowest BCUT2D eigenvalue weighted by Gasteiger charge is -2.26. The Labute approximate surface area is 200 Å². The highest BCUT2D eigenvalue weighted by Gasteiger charge is 2.22. The van der Waals surface area contributed by atoms with E-state index in [-0.39, 0.29) is 18.3 Å². The number of amides is 1. The molecular weight excluding hydrogens is 453 g/mol. The molecule has 1 aromatic carbocycles. The molecule has 0 radical (unpaired) electrons. The van der Waals surface area contributed by atoms with Gasteiger partial charge in [-0.2, -0.15) is 10.2 Å². The van der Waals surface area contributed by atoms with Crippen LogP contribution in [0, 0.1) is 12.7 Å². The second kappa shape index (κ2) is 9.80. The Morgan fingerprint density at radius 3 is 2.54 bits per heavy atom. The van der Waals surface area contributed by atoms with Crippen molar-refractivity contribution in [2.75, 3.05) is 39.4 Å². The molecule has 4 aromatic rings. The molecule has 1 fully saturated rings. The van der Waals surface area contributed by atoms with Gasteiger partial charge in [0.05, 0.1) is 24.6 Å². The molecule has 5 rings (SSSR count). The van der Waals surface area contributed by atoms with Crippen LogP contribution in [-0.2, 0) is 16.1 Å². The summed E-state index contributed by atoms with van der Waals surface area (Å²) in [5, 5.41) is 12.2. The number of rotatable bonds is 7. The first-order valence-corrected chi connectivity index (χ1v) is 11.5. The molecule has 0 saturated carbocycles. The van der Waals surface area contributed by atoms with Crippen LogP contribution in [0.1, 0.15) is 5.69 Å². The van der Waals surface area contributed by atoms with Crippen molar-refractivity contribution in [2.45, 2.75) is 13.5 Å². The molecule has 3 aromatic heterocycles. The molecule has 1 N–H and O–H groups in total. The first-order valence-electron chi connectivity index (χ1n) is 11.5. The van der Waals surface area contributed by atoms with Crippen LogP contribution in [0.4, 0.5) is 4.39 Å². The fourth-order valence-corrected chi connectivity index (χ4v) is 4.22. The smallest absolute Gasteiger partial charge is 0.280 e. The second-order valence-electron chi connectivity index (χ2n) is 8.38. The number of nitrogens with one attached hydrogen (secondary N) is 1. The van der Waals surface area contributed by atoms with Crippen LogP contribution in [0.25, 0.3) is 22.4 Å². The number of aromatic nitrogens is 5. The van der Waals surface area contributed by atoms with Crippen LogP contribution >= 0.6 is 0 Å². The van der Waals surface area contributed by atoms with Crippen LogP contribution in [0.5, 0.6) is 0 Å². The van der Waals surface area contributed by atoms with Crippen molar-refractivity contribution in [2.24, 2.45) is 0 Å². The quantitative estimate of drug-likeness (QED) is 0.429. The minimum Gasteiger partial charge on any atom is -0.379 e. The van der Waals surface area contributed by atoms with Crippen LogP contribution in [0.15, 0.2) is 53.6 Å². The van der Waals surface area contributed by atoms with E-state index in [2.05, 4.69) is 20.4 Å². The highest BCUT2D eigenvalue weighted by molar-refractivity contribution is 5.88. The number of morpholine rings is 1. The van der Waals surface area contributed by atoms with Gasteiger partial charge in [-0.1, -0.05) is 0 Å². The molecule has 0 unspecified atom stereocenters. The summed E-state index contributed by atoms with van der Waals surface area (Å²) >= 11 is 0. The highest BCUT2D eigenvalue weighted by atomic mass is 19.1. The average molecular weight is 480 g/mol. The van der Waals surface area contributed by atoms with E-state index in [0.29, 0.717) is 47.9 Å². The third kappa shape index (κ3) is 4.73. The minimum absolute atomic E-state index is 0.203. The summed E-state index contributed by atoms with van der Waals surface area (Å²) in [7, 11) is 0. The monoisotopic (exact) mass is 479 g/mol. The summed E-state index contributed by atoms with van der Waals surface area (Å²) in [5.74, 6) is -0.165. The van der Waals surface area contributed by atoms with E-state index in [9.17, 15) is 14.0 Å². The number of halogens is 1. The Bertz CT molecular complexity index is 1390. The van der Waals surface area contributed by atoms with E-state index in [1.807, 2.05) is 12.1 Å². The summed E-state index contributed by atoms with van der Waals surface area (Å²) in [4.78, 5) is 28.4. The normalized spacial score (nSPS) is 14.5. The van der Waals surface area contributed by atoms with Gasteiger partial charge in [0.25, 0.3) is 5.56 Å². The molecule has 4 heterocycles. The van der Waals surface area contributed by atoms with Gasteiger partial charge in [0.2, 0.25) is 5.91 Å². The number of hydrogen-bond acceptors (Lipinski definition) is 6. The number of carbonyl (C=O) groups is 1. The van der Waals surface area contributed by atoms with Crippen LogP contribution in [0.2, 0.25) is 0 Å². The number of fused-ring (bicyclic) bond motifs is 1. The summed E-state index contributed by atoms with van der Waals surface area (Å²) in [6.45, 7) is 5.81. The lowest BCUT2D eigenvalue weighted by molar-refractivity contribution is -0.122. The number of carbonyl (C=O) groups excluding carboxylic acids is 1. The van der Waals surface area contributed by atoms with E-state index in [1.165, 1.54) is 16.8 Å². The topological polar surface area (TPSA) is 99.2 Å². The lowest BCUT2D eigenvalue weighted by atomic mass is 10.2. The van der Waals surface area contributed by atoms with Gasteiger partial charge in [-0.05, 0) is 43.3 Å². The van der Waals surface area contributed by atoms with Crippen molar-refractivity contribution >= 4 is 16.8 Å². The van der Waals surface area contributed by atoms with Crippen molar-refractivity contribution in [3.63, 3.8) is 0 Å². The summed E-state index contributed by atoms with van der Waals surface area (Å²) in [6, 6.07) is 9.54. The van der Waals surface area contributed by atoms with Crippen LogP contribution in [-0.4, -0.2) is 74.3 Å². The zero-order chi connectivity index (χ0) is 24.4. The van der Waals surface area contributed by atoms with Gasteiger partial charge in [-0.3, -0.25) is 14.5 Å². The molecule has 0 aliphatic carbocycles. The maximum absolute atomic E-state index is 13.5. The van der Waals surface area contributed by atoms with Crippen molar-refractivity contribution in [1.29, 1.82) is 0 Å². The first kappa shape index (κ1) is 22.9. The van der Waals surface area contributed by atoms with Crippen molar-refractivity contribution in [1.82, 2.24) is 34.3 Å². The maximum atomic E-state index is 13.5. The van der Waals surface area contributed by atoms with Crippen LogP contribution in [0.3, 0.4) is 0 Å². The van der Waals surface area contributed by atoms with E-state index in [0.717, 1.165) is 19.6 Å². The Morgan fingerprint density at radius 1 is 1.11 bits per heavy atom. The maximum Gasteiger partial charge on any atom is 0.280 e. The van der Waals surface area contributed by atoms with E-state index in [4.69, 9.17) is 4.74 Å². The number of hydrogen-bond donors (Lipinski definition) is 1. The van der Waals surface area contributed by atoms with Crippen molar-refractivity contribution < 1.29 is 13.9 Å². The molecular formula is C24H26FN7O3. The molecule has 0 spiro atoms. The number of nitrogens with zero attached hydrogens (tertiary/aromatic N) is 6. The third-order valence-corrected chi connectivity index (χ3v) is 5.99. The van der Waals surface area contributed by atoms with E-state index >= 15 is 0 Å². The molecule has 0 bridgehead atoms. The number of ether oxygens (including phenoxy) is 1. The van der Waals surface area contributed by atoms with Gasteiger partial charge in [0.15, 0.2) is 5.82 Å². The minimum atomic E-state index is -0.425. The van der Waals surface area contributed by atoms with Crippen LogP contribution < -0.4 is 10.9 Å². The van der Waals surface area contributed by atoms with Crippen molar-refractivity contribution in [3.8, 4) is 11.5 Å². The molecule has 1 aliphatic rings. The molecule has 1 amide bonds. The average Bonchev–Trinajstić information content (AvgIpc) is 3.52. The largest absolute Gasteiger partial charge is 0.379 e. The predicted octanol–water partition coefficient (Wildman–Crippen LogP) is 1.27. The summed E-state index contributed by atoms with van der Waals surface area (Å²) < 4.78 is 23.4. The van der Waals surface area contributed by atoms with Gasteiger partial charge in [-0.25, -0.2) is 13.8 Å². The number of benzene rings is 1. The zero-order valence-corrected chi connectivity index (χ0v) is 19.4. The summed E-state index contributed by atoms with van der Waals surface area (Å²) in [5.41, 5.74) is 1.10. The first-order chi connectivity index (χ1) is 17.0. The molecule has 1 saturated heterocycles. The Kier molecular flexibility index (Phi) is 6.43. The van der Waals surface area contributed by atoms with E-state index in [1.54, 1.807) is 40.7 Å². The van der Waals surface area contributed by atoms with E-state index < -0.39 is 5.56 Å². The molecule has 35 heavy (non-hydrogen) atoms. The Morgan fingerprint density at radius 2 is 1.83 bits per heavy atom. The molecule has 182 valence electrons. The standard InChI is InChI=1S/C24H26FN7O3/c1-17-22-21(23(30-9-2-3-10-30)32(28-22)19-6-4-18(25)5-7-19)24(34)31(27-17)16-20(33)26-8-11-29-12-14-35-15-13-29/h2-7,9-10H,8,11-16H2,1H3,(H,26,33). The molecule has 0 atom stereocenters. The molecule has 11 heteroatoms. The third-order valence-electron chi connectivity index (χ3n) is 5.99. The van der Waals surface area contributed by atoms with Crippen molar-refractivity contribution in [3.05, 3.63) is 70.7 Å². The molecule has 1 aliphatic heterocycles. The second-order valence-corrected chi connectivity index (χ2v) is 8.38. The lowest BCUT2D eigenvalue weighted by Crippen LogP contribution is -2.42. The SMILES string of the molecule is Cc1nn(CC(=O)NCCN2CCOCC2)c(=O)c2c(-n3cccc3)n(-c3ccc(F)cc3)nc12. The fourth-order valence-electron chi connectivity index (χ4n) is 4.22. The Balaban J connectivity index is 1.47.